The minimum Gasteiger partial charge on any atom is -0.330 e. The lowest BCUT2D eigenvalue weighted by atomic mass is 10.2. The van der Waals surface area contributed by atoms with Crippen molar-refractivity contribution in [2.24, 2.45) is 5.73 Å². The summed E-state index contributed by atoms with van der Waals surface area (Å²) in [7, 11) is 0. The first kappa shape index (κ1) is 9.61. The predicted molar refractivity (Wildman–Crippen MR) is 52.3 cm³/mol. The van der Waals surface area contributed by atoms with Crippen LogP contribution in [0.25, 0.3) is 6.08 Å². The van der Waals surface area contributed by atoms with Crippen molar-refractivity contribution >= 4 is 12.4 Å². The van der Waals surface area contributed by atoms with Crippen LogP contribution >= 0.6 is 0 Å². The van der Waals surface area contributed by atoms with Gasteiger partial charge in [0.15, 0.2) is 6.29 Å². The molecule has 3 heteroatoms. The lowest BCUT2D eigenvalue weighted by Crippen LogP contribution is -1.95. The van der Waals surface area contributed by atoms with E-state index in [9.17, 15) is 4.79 Å². The molecule has 0 aliphatic carbocycles. The maximum absolute atomic E-state index is 10.6. The van der Waals surface area contributed by atoms with Crippen LogP contribution in [0.5, 0.6) is 0 Å². The molecule has 0 aliphatic rings. The number of aromatic nitrogens is 1. The Bertz CT molecular complexity index is 308. The van der Waals surface area contributed by atoms with Gasteiger partial charge in [-0.3, -0.25) is 9.78 Å². The summed E-state index contributed by atoms with van der Waals surface area (Å²) in [6, 6.07) is 3.48. The van der Waals surface area contributed by atoms with E-state index >= 15 is 0 Å². The number of nitrogens with two attached hydrogens (primary N) is 1. The van der Waals surface area contributed by atoms with E-state index in [1.165, 1.54) is 0 Å². The summed E-state index contributed by atoms with van der Waals surface area (Å²) < 4.78 is 0. The zero-order chi connectivity index (χ0) is 9.52. The van der Waals surface area contributed by atoms with Gasteiger partial charge in [0, 0.05) is 11.8 Å². The number of hydrogen-bond donors (Lipinski definition) is 1. The van der Waals surface area contributed by atoms with Crippen LogP contribution in [0.4, 0.5) is 0 Å². The average molecular weight is 176 g/mol. The second-order valence-corrected chi connectivity index (χ2v) is 2.58. The minimum absolute atomic E-state index is 0.607. The molecule has 1 rings (SSSR count). The first-order valence-corrected chi connectivity index (χ1v) is 4.15. The Labute approximate surface area is 77.3 Å². The van der Waals surface area contributed by atoms with Crippen LogP contribution < -0.4 is 5.73 Å². The molecular weight excluding hydrogens is 164 g/mol. The van der Waals surface area contributed by atoms with Crippen molar-refractivity contribution < 1.29 is 4.79 Å². The van der Waals surface area contributed by atoms with E-state index in [1.807, 2.05) is 12.2 Å². The molecule has 2 N–H and O–H groups in total. The molecule has 0 aliphatic heterocycles. The maximum Gasteiger partial charge on any atom is 0.152 e. The van der Waals surface area contributed by atoms with Crippen LogP contribution in [0, 0.1) is 0 Å². The fourth-order valence-electron chi connectivity index (χ4n) is 0.960. The van der Waals surface area contributed by atoms with Gasteiger partial charge in [-0.15, -0.1) is 0 Å². The molecule has 1 aromatic rings. The normalized spacial score (nSPS) is 10.5. The van der Waals surface area contributed by atoms with Gasteiger partial charge in [0.05, 0.1) is 5.69 Å². The van der Waals surface area contributed by atoms with Gasteiger partial charge >= 0.3 is 0 Å². The van der Waals surface area contributed by atoms with Gasteiger partial charge in [0.2, 0.25) is 0 Å². The molecule has 0 aromatic carbocycles. The van der Waals surface area contributed by atoms with Crippen LogP contribution in [0.1, 0.15) is 22.5 Å². The van der Waals surface area contributed by atoms with E-state index in [4.69, 9.17) is 5.73 Å². The summed E-state index contributed by atoms with van der Waals surface area (Å²) in [5, 5.41) is 0. The van der Waals surface area contributed by atoms with Crippen LogP contribution in [-0.4, -0.2) is 17.8 Å². The molecule has 1 heterocycles. The summed E-state index contributed by atoms with van der Waals surface area (Å²) in [6.07, 6.45) is 6.99. The fourth-order valence-corrected chi connectivity index (χ4v) is 0.960. The van der Waals surface area contributed by atoms with Crippen molar-refractivity contribution in [3.8, 4) is 0 Å². The van der Waals surface area contributed by atoms with E-state index in [2.05, 4.69) is 4.98 Å². The molecule has 3 nitrogen and oxygen atoms in total. The molecular formula is C10H12N2O. The van der Waals surface area contributed by atoms with Gasteiger partial charge < -0.3 is 5.73 Å². The Morgan fingerprint density at radius 2 is 2.38 bits per heavy atom. The first-order valence-electron chi connectivity index (χ1n) is 4.15. The summed E-state index contributed by atoms with van der Waals surface area (Å²) >= 11 is 0. The van der Waals surface area contributed by atoms with Crippen molar-refractivity contribution in [3.05, 3.63) is 35.7 Å². The predicted octanol–water partition coefficient (Wildman–Crippen LogP) is 1.26. The summed E-state index contributed by atoms with van der Waals surface area (Å²) in [6.45, 7) is 0.611. The molecule has 0 saturated carbocycles. The monoisotopic (exact) mass is 176 g/mol. The second-order valence-electron chi connectivity index (χ2n) is 2.58. The van der Waals surface area contributed by atoms with Crippen molar-refractivity contribution in [2.45, 2.75) is 6.42 Å². The number of nitrogens with zero attached hydrogens (tertiary/aromatic N) is 1. The van der Waals surface area contributed by atoms with Crippen molar-refractivity contribution in [1.82, 2.24) is 4.98 Å². The lowest BCUT2D eigenvalue weighted by Gasteiger charge is -1.95. The van der Waals surface area contributed by atoms with Gasteiger partial charge in [-0.25, -0.2) is 0 Å². The smallest absolute Gasteiger partial charge is 0.152 e. The highest BCUT2D eigenvalue weighted by molar-refractivity contribution is 5.80. The number of carbonyl (C=O) groups is 1. The van der Waals surface area contributed by atoms with E-state index in [0.717, 1.165) is 12.7 Å². The van der Waals surface area contributed by atoms with E-state index in [-0.39, 0.29) is 0 Å². The van der Waals surface area contributed by atoms with E-state index in [1.54, 1.807) is 18.3 Å². The molecule has 0 fully saturated rings. The van der Waals surface area contributed by atoms with Crippen LogP contribution in [0.2, 0.25) is 0 Å². The van der Waals surface area contributed by atoms with Gasteiger partial charge in [-0.05, 0) is 31.2 Å². The SMILES string of the molecule is NCCC=Cc1ncccc1C=O. The number of rotatable bonds is 4. The van der Waals surface area contributed by atoms with Crippen LogP contribution in [0.15, 0.2) is 24.4 Å². The van der Waals surface area contributed by atoms with Crippen molar-refractivity contribution in [3.63, 3.8) is 0 Å². The molecule has 0 spiro atoms. The molecule has 68 valence electrons. The standard InChI is InChI=1S/C10H12N2O/c11-6-2-1-5-10-9(8-13)4-3-7-12-10/h1,3-5,7-8H,2,6,11H2. The third kappa shape index (κ3) is 2.80. The Morgan fingerprint density at radius 3 is 3.08 bits per heavy atom. The summed E-state index contributed by atoms with van der Waals surface area (Å²) in [5.41, 5.74) is 6.63. The number of pyridine rings is 1. The van der Waals surface area contributed by atoms with Gasteiger partial charge in [-0.2, -0.15) is 0 Å². The van der Waals surface area contributed by atoms with Gasteiger partial charge in [0.1, 0.15) is 0 Å². The largest absolute Gasteiger partial charge is 0.330 e. The van der Waals surface area contributed by atoms with Crippen molar-refractivity contribution in [1.29, 1.82) is 0 Å². The molecule has 0 bridgehead atoms. The average Bonchev–Trinajstić information content (AvgIpc) is 2.19. The highest BCUT2D eigenvalue weighted by atomic mass is 16.1. The van der Waals surface area contributed by atoms with E-state index in [0.29, 0.717) is 17.8 Å². The zero-order valence-corrected chi connectivity index (χ0v) is 7.31. The Morgan fingerprint density at radius 1 is 1.54 bits per heavy atom. The number of carbonyl (C=O) groups excluding carboxylic acids is 1. The molecule has 0 atom stereocenters. The molecule has 0 unspecified atom stereocenters. The second kappa shape index (κ2) is 5.22. The van der Waals surface area contributed by atoms with E-state index < -0.39 is 0 Å². The van der Waals surface area contributed by atoms with Gasteiger partial charge in [0.25, 0.3) is 0 Å². The lowest BCUT2D eigenvalue weighted by molar-refractivity contribution is 0.112. The molecule has 0 saturated heterocycles. The fraction of sp³-hybridized carbons (Fsp3) is 0.200. The van der Waals surface area contributed by atoms with Crippen LogP contribution in [-0.2, 0) is 0 Å². The Hall–Kier alpha value is -1.48. The maximum atomic E-state index is 10.6. The molecule has 1 aromatic heterocycles. The van der Waals surface area contributed by atoms with Crippen molar-refractivity contribution in [2.75, 3.05) is 6.54 Å². The first-order chi connectivity index (χ1) is 6.38. The van der Waals surface area contributed by atoms with Crippen LogP contribution in [0.3, 0.4) is 0 Å². The Balaban J connectivity index is 2.80. The number of aldehydes is 1. The number of hydrogen-bond acceptors (Lipinski definition) is 3. The molecule has 0 amide bonds. The topological polar surface area (TPSA) is 56.0 Å². The highest BCUT2D eigenvalue weighted by Crippen LogP contribution is 2.04. The third-order valence-corrected chi connectivity index (χ3v) is 1.61. The quantitative estimate of drug-likeness (QED) is 0.702. The zero-order valence-electron chi connectivity index (χ0n) is 7.31. The van der Waals surface area contributed by atoms with Gasteiger partial charge in [-0.1, -0.05) is 6.08 Å². The summed E-state index contributed by atoms with van der Waals surface area (Å²) in [4.78, 5) is 14.6. The minimum atomic E-state index is 0.607. The Kier molecular flexibility index (Phi) is 3.85. The third-order valence-electron chi connectivity index (χ3n) is 1.61. The molecule has 13 heavy (non-hydrogen) atoms. The summed E-state index contributed by atoms with van der Waals surface area (Å²) in [5.74, 6) is 0. The highest BCUT2D eigenvalue weighted by Gasteiger charge is 1.95. The molecule has 0 radical (unpaired) electrons.